The second-order valence-corrected chi connectivity index (χ2v) is 6.32. The van der Waals surface area contributed by atoms with E-state index < -0.39 is 0 Å². The van der Waals surface area contributed by atoms with Crippen LogP contribution in [0.2, 0.25) is 0 Å². The van der Waals surface area contributed by atoms with Crippen molar-refractivity contribution in [2.24, 2.45) is 0 Å². The van der Waals surface area contributed by atoms with E-state index >= 15 is 0 Å². The first kappa shape index (κ1) is 17.3. The predicted octanol–water partition coefficient (Wildman–Crippen LogP) is 4.27. The summed E-state index contributed by atoms with van der Waals surface area (Å²) in [5.74, 6) is 0.821. The first-order chi connectivity index (χ1) is 11.1. The number of methoxy groups -OCH3 is 1. The molecule has 1 amide bonds. The summed E-state index contributed by atoms with van der Waals surface area (Å²) in [6.07, 6.45) is 1.88. The van der Waals surface area contributed by atoms with Gasteiger partial charge in [-0.2, -0.15) is 0 Å². The van der Waals surface area contributed by atoms with Gasteiger partial charge in [0.2, 0.25) is 0 Å². The summed E-state index contributed by atoms with van der Waals surface area (Å²) in [5.41, 5.74) is 8.62. The summed E-state index contributed by atoms with van der Waals surface area (Å²) in [6.45, 7) is 5.67. The van der Waals surface area contributed by atoms with Crippen LogP contribution in [0.1, 0.15) is 37.0 Å². The van der Waals surface area contributed by atoms with Gasteiger partial charge in [-0.15, -0.1) is 11.3 Å². The average Bonchev–Trinajstić information content (AvgIpc) is 2.95. The van der Waals surface area contributed by atoms with Gasteiger partial charge in [-0.25, -0.2) is 0 Å². The highest BCUT2D eigenvalue weighted by Gasteiger charge is 2.23. The minimum absolute atomic E-state index is 0.0262. The Morgan fingerprint density at radius 3 is 2.30 bits per heavy atom. The average molecular weight is 332 g/mol. The summed E-state index contributed by atoms with van der Waals surface area (Å²) in [4.78, 5) is 14.8. The molecular weight excluding hydrogens is 308 g/mol. The van der Waals surface area contributed by atoms with E-state index in [0.29, 0.717) is 10.6 Å². The first-order valence-electron chi connectivity index (χ1n) is 7.93. The second kappa shape index (κ2) is 8.02. The second-order valence-electron chi connectivity index (χ2n) is 5.41. The van der Waals surface area contributed by atoms with Crippen molar-refractivity contribution in [3.05, 3.63) is 35.2 Å². The Bertz CT molecular complexity index is 644. The van der Waals surface area contributed by atoms with Crippen molar-refractivity contribution >= 4 is 22.2 Å². The van der Waals surface area contributed by atoms with Crippen molar-refractivity contribution in [3.8, 4) is 16.9 Å². The Balaban J connectivity index is 2.38. The molecule has 0 fully saturated rings. The molecule has 0 radical (unpaired) electrons. The van der Waals surface area contributed by atoms with Crippen LogP contribution in [0, 0.1) is 0 Å². The molecule has 0 aliphatic heterocycles. The number of ether oxygens (including phenoxy) is 1. The van der Waals surface area contributed by atoms with E-state index in [1.54, 1.807) is 7.11 Å². The Labute approximate surface area is 141 Å². The van der Waals surface area contributed by atoms with Crippen LogP contribution < -0.4 is 10.5 Å². The molecular formula is C18H24N2O2S. The lowest BCUT2D eigenvalue weighted by Gasteiger charge is -2.22. The third-order valence-corrected chi connectivity index (χ3v) is 4.52. The Hall–Kier alpha value is -2.01. The normalized spacial score (nSPS) is 10.6. The fraction of sp³-hybridized carbons (Fsp3) is 0.389. The minimum Gasteiger partial charge on any atom is -0.497 e. The van der Waals surface area contributed by atoms with Gasteiger partial charge in [0.05, 0.1) is 17.7 Å². The lowest BCUT2D eigenvalue weighted by molar-refractivity contribution is 0.0758. The maximum absolute atomic E-state index is 13.0. The van der Waals surface area contributed by atoms with E-state index in [2.05, 4.69) is 13.8 Å². The quantitative estimate of drug-likeness (QED) is 0.824. The van der Waals surface area contributed by atoms with E-state index in [1.165, 1.54) is 11.3 Å². The van der Waals surface area contributed by atoms with Crippen molar-refractivity contribution < 1.29 is 9.53 Å². The highest BCUT2D eigenvalue weighted by Crippen LogP contribution is 2.35. The molecule has 2 N–H and O–H groups in total. The minimum atomic E-state index is 0.0262. The molecule has 0 aliphatic rings. The molecule has 0 bridgehead atoms. The Morgan fingerprint density at radius 2 is 1.78 bits per heavy atom. The van der Waals surface area contributed by atoms with E-state index in [1.807, 2.05) is 34.5 Å². The van der Waals surface area contributed by atoms with E-state index in [9.17, 15) is 4.79 Å². The lowest BCUT2D eigenvalue weighted by Crippen LogP contribution is -2.33. The number of hydrogen-bond acceptors (Lipinski definition) is 4. The van der Waals surface area contributed by atoms with Crippen LogP contribution >= 0.6 is 11.3 Å². The maximum Gasteiger partial charge on any atom is 0.257 e. The monoisotopic (exact) mass is 332 g/mol. The number of rotatable bonds is 7. The topological polar surface area (TPSA) is 55.6 Å². The summed E-state index contributed by atoms with van der Waals surface area (Å²) in [6, 6.07) is 7.71. The number of hydrogen-bond donors (Lipinski definition) is 1. The van der Waals surface area contributed by atoms with Crippen LogP contribution in [0.25, 0.3) is 11.1 Å². The van der Waals surface area contributed by atoms with E-state index in [-0.39, 0.29) is 5.91 Å². The largest absolute Gasteiger partial charge is 0.497 e. The number of nitrogens with two attached hydrogens (primary N) is 1. The number of nitrogens with zero attached hydrogens (tertiary/aromatic N) is 1. The van der Waals surface area contributed by atoms with Crippen molar-refractivity contribution in [2.45, 2.75) is 26.7 Å². The summed E-state index contributed by atoms with van der Waals surface area (Å²) >= 11 is 1.42. The lowest BCUT2D eigenvalue weighted by atomic mass is 10.0. The van der Waals surface area contributed by atoms with Crippen LogP contribution in [-0.2, 0) is 0 Å². The standard InChI is InChI=1S/C18H24N2O2S/c1-4-10-20(11-5-2)18(21)16-15(12-23-17(16)19)13-6-8-14(22-3)9-7-13/h6-9,12H,4-5,10-11,19H2,1-3H3. The van der Waals surface area contributed by atoms with Crippen LogP contribution in [0.15, 0.2) is 29.6 Å². The van der Waals surface area contributed by atoms with Crippen molar-refractivity contribution in [1.82, 2.24) is 4.90 Å². The molecule has 4 nitrogen and oxygen atoms in total. The smallest absolute Gasteiger partial charge is 0.257 e. The summed E-state index contributed by atoms with van der Waals surface area (Å²) in [7, 11) is 1.64. The van der Waals surface area contributed by atoms with Crippen LogP contribution in [-0.4, -0.2) is 31.0 Å². The third kappa shape index (κ3) is 3.85. The van der Waals surface area contributed by atoms with Gasteiger partial charge in [-0.1, -0.05) is 26.0 Å². The van der Waals surface area contributed by atoms with Crippen LogP contribution in [0.3, 0.4) is 0 Å². The van der Waals surface area contributed by atoms with Gasteiger partial charge in [0.15, 0.2) is 0 Å². The Morgan fingerprint density at radius 1 is 1.17 bits per heavy atom. The molecule has 0 saturated heterocycles. The number of benzene rings is 1. The molecule has 0 spiro atoms. The molecule has 0 aliphatic carbocycles. The first-order valence-corrected chi connectivity index (χ1v) is 8.80. The van der Waals surface area contributed by atoms with Crippen LogP contribution in [0.4, 0.5) is 5.00 Å². The predicted molar refractivity (Wildman–Crippen MR) is 97.2 cm³/mol. The SMILES string of the molecule is CCCN(CCC)C(=O)c1c(-c2ccc(OC)cc2)csc1N. The van der Waals surface area contributed by atoms with Gasteiger partial charge in [-0.3, -0.25) is 4.79 Å². The van der Waals surface area contributed by atoms with Gasteiger partial charge >= 0.3 is 0 Å². The summed E-state index contributed by atoms with van der Waals surface area (Å²) < 4.78 is 5.19. The number of nitrogen functional groups attached to an aromatic ring is 1. The number of carbonyl (C=O) groups excluding carboxylic acids is 1. The van der Waals surface area contributed by atoms with Crippen LogP contribution in [0.5, 0.6) is 5.75 Å². The summed E-state index contributed by atoms with van der Waals surface area (Å²) in [5, 5.41) is 2.54. The zero-order chi connectivity index (χ0) is 16.8. The molecule has 0 unspecified atom stereocenters. The van der Waals surface area contributed by atoms with E-state index in [0.717, 1.165) is 42.8 Å². The zero-order valence-corrected chi connectivity index (χ0v) is 14.8. The van der Waals surface area contributed by atoms with Gasteiger partial charge in [-0.05, 0) is 30.5 Å². The van der Waals surface area contributed by atoms with Crippen molar-refractivity contribution in [2.75, 3.05) is 25.9 Å². The third-order valence-electron chi connectivity index (χ3n) is 3.71. The van der Waals surface area contributed by atoms with Crippen molar-refractivity contribution in [3.63, 3.8) is 0 Å². The number of amides is 1. The van der Waals surface area contributed by atoms with Gasteiger partial charge < -0.3 is 15.4 Å². The highest BCUT2D eigenvalue weighted by atomic mass is 32.1. The van der Waals surface area contributed by atoms with Gasteiger partial charge in [0.1, 0.15) is 5.75 Å². The maximum atomic E-state index is 13.0. The Kier molecular flexibility index (Phi) is 6.04. The van der Waals surface area contributed by atoms with Gasteiger partial charge in [0, 0.05) is 24.0 Å². The number of carbonyl (C=O) groups is 1. The van der Waals surface area contributed by atoms with E-state index in [4.69, 9.17) is 10.5 Å². The highest BCUT2D eigenvalue weighted by molar-refractivity contribution is 7.15. The fourth-order valence-corrected chi connectivity index (χ4v) is 3.40. The molecule has 23 heavy (non-hydrogen) atoms. The fourth-order valence-electron chi connectivity index (χ4n) is 2.59. The number of anilines is 1. The molecule has 0 atom stereocenters. The molecule has 5 heteroatoms. The molecule has 1 heterocycles. The number of thiophene rings is 1. The molecule has 0 saturated carbocycles. The molecule has 124 valence electrons. The van der Waals surface area contributed by atoms with Gasteiger partial charge in [0.25, 0.3) is 5.91 Å². The van der Waals surface area contributed by atoms with Crippen molar-refractivity contribution in [1.29, 1.82) is 0 Å². The molecule has 1 aromatic heterocycles. The zero-order valence-electron chi connectivity index (χ0n) is 14.0. The molecule has 2 rings (SSSR count). The molecule has 2 aromatic rings. The molecule has 1 aromatic carbocycles.